The maximum absolute atomic E-state index is 7.05. The van der Waals surface area contributed by atoms with E-state index in [-0.39, 0.29) is 7.26 Å². The van der Waals surface area contributed by atoms with Crippen molar-refractivity contribution in [2.75, 3.05) is 0 Å². The Hall–Kier alpha value is -0.930. The van der Waals surface area contributed by atoms with Crippen LogP contribution in [0.2, 0.25) is 0 Å². The maximum atomic E-state index is 7.05. The topological polar surface area (TPSA) is 74.6 Å². The second-order valence-electron chi connectivity index (χ2n) is 1.77. The summed E-state index contributed by atoms with van der Waals surface area (Å²) in [6.07, 6.45) is 2.73. The number of rotatable bonds is 3. The van der Waals surface area contributed by atoms with Crippen molar-refractivity contribution >= 4 is 5.84 Å². The Morgan fingerprint density at radius 3 is 2.89 bits per heavy atom. The van der Waals surface area contributed by atoms with Gasteiger partial charge in [0.2, 0.25) is 0 Å². The van der Waals surface area contributed by atoms with Gasteiger partial charge in [0.25, 0.3) is 0 Å². The van der Waals surface area contributed by atoms with E-state index in [0.29, 0.717) is 6.42 Å². The molecule has 0 aromatic rings. The molecule has 0 bridgehead atoms. The molecule has 0 atom stereocenters. The van der Waals surface area contributed by atoms with Gasteiger partial charge < -0.3 is 5.84 Å². The normalized spacial score (nSPS) is 10.3. The summed E-state index contributed by atoms with van der Waals surface area (Å²) >= 11 is 0. The van der Waals surface area contributed by atoms with Gasteiger partial charge in [-0.05, 0) is 6.42 Å². The second-order valence-corrected chi connectivity index (χ2v) is 1.77. The average Bonchev–Trinajstić information content (AvgIpc) is 1.85. The Bertz CT molecular complexity index is 112. The molecule has 0 amide bonds. The highest BCUT2D eigenvalue weighted by Crippen LogP contribution is 1.95. The van der Waals surface area contributed by atoms with Crippen molar-refractivity contribution < 1.29 is 1.43 Å². The minimum Gasteiger partial charge on any atom is -0.305 e. The summed E-state index contributed by atoms with van der Waals surface area (Å²) in [7, 11) is 0. The van der Waals surface area contributed by atoms with Crippen LogP contribution in [-0.4, -0.2) is 5.84 Å². The largest absolute Gasteiger partial charge is 0.305 e. The third-order valence-electron chi connectivity index (χ3n) is 0.946. The molecule has 4 heteroatoms. The molecule has 3 N–H and O–H groups in total. The molecule has 0 saturated heterocycles. The van der Waals surface area contributed by atoms with E-state index in [0.717, 1.165) is 12.8 Å². The Kier molecular flexibility index (Phi) is 4.67. The van der Waals surface area contributed by atoms with Crippen LogP contribution in [0.15, 0.2) is 10.3 Å². The minimum atomic E-state index is 0. The summed E-state index contributed by atoms with van der Waals surface area (Å²) in [5.41, 5.74) is 0. The van der Waals surface area contributed by atoms with Gasteiger partial charge in [0.15, 0.2) is 0 Å². The number of hydrogen-bond acceptors (Lipinski definition) is 2. The molecule has 0 aromatic carbocycles. The Labute approximate surface area is 56.1 Å². The molecule has 0 rings (SSSR count). The van der Waals surface area contributed by atoms with Gasteiger partial charge in [-0.3, -0.25) is 5.41 Å². The van der Waals surface area contributed by atoms with Crippen LogP contribution in [-0.2, 0) is 0 Å². The number of amidine groups is 1. The molecule has 0 heterocycles. The van der Waals surface area contributed by atoms with Crippen molar-refractivity contribution in [2.24, 2.45) is 16.2 Å². The first-order chi connectivity index (χ1) is 4.31. The van der Waals surface area contributed by atoms with Crippen molar-refractivity contribution in [3.63, 3.8) is 0 Å². The monoisotopic (exact) mass is 130 g/mol. The van der Waals surface area contributed by atoms with E-state index in [2.05, 4.69) is 17.3 Å². The van der Waals surface area contributed by atoms with Crippen LogP contribution < -0.4 is 5.84 Å². The van der Waals surface area contributed by atoms with E-state index in [9.17, 15) is 0 Å². The summed E-state index contributed by atoms with van der Waals surface area (Å²) in [4.78, 5) is 0. The van der Waals surface area contributed by atoms with Crippen molar-refractivity contribution in [3.8, 4) is 0 Å². The first-order valence-electron chi connectivity index (χ1n) is 2.99. The van der Waals surface area contributed by atoms with Crippen LogP contribution in [0.5, 0.6) is 0 Å². The van der Waals surface area contributed by atoms with Gasteiger partial charge in [-0.15, -0.1) is 5.11 Å². The molecule has 54 valence electrons. The summed E-state index contributed by atoms with van der Waals surface area (Å²) in [6.45, 7) is 2.06. The van der Waals surface area contributed by atoms with E-state index in [1.165, 1.54) is 0 Å². The molecule has 0 aromatic heterocycles. The molecule has 0 unspecified atom stereocenters. The van der Waals surface area contributed by atoms with Crippen LogP contribution in [0.4, 0.5) is 0 Å². The van der Waals surface area contributed by atoms with Gasteiger partial charge in [-0.25, -0.2) is 0 Å². The van der Waals surface area contributed by atoms with Gasteiger partial charge in [-0.2, -0.15) is 0 Å². The Balaban J connectivity index is 0. The second kappa shape index (κ2) is 5.21. The van der Waals surface area contributed by atoms with Gasteiger partial charge in [-0.1, -0.05) is 18.6 Å². The lowest BCUT2D eigenvalue weighted by atomic mass is 10.2. The highest BCUT2D eigenvalue weighted by molar-refractivity contribution is 5.79. The molecule has 0 aliphatic heterocycles. The molecule has 0 spiro atoms. The van der Waals surface area contributed by atoms with Crippen LogP contribution >= 0.6 is 0 Å². The van der Waals surface area contributed by atoms with E-state index in [1.54, 1.807) is 0 Å². The molecule has 0 fully saturated rings. The molecular weight excluding hydrogens is 116 g/mol. The van der Waals surface area contributed by atoms with E-state index < -0.39 is 0 Å². The number of unbranched alkanes of at least 4 members (excludes halogenated alkanes) is 1. The zero-order valence-corrected chi connectivity index (χ0v) is 5.59. The van der Waals surface area contributed by atoms with Crippen LogP contribution in [0.3, 0.4) is 0 Å². The fourth-order valence-corrected chi connectivity index (χ4v) is 0.464. The van der Waals surface area contributed by atoms with E-state index in [4.69, 9.17) is 11.3 Å². The summed E-state index contributed by atoms with van der Waals surface area (Å²) < 4.78 is 0. The smallest absolute Gasteiger partial charge is 0.145 e. The lowest BCUT2D eigenvalue weighted by Crippen LogP contribution is -1.91. The predicted octanol–water partition coefficient (Wildman–Crippen LogP) is 1.73. The maximum Gasteiger partial charge on any atom is 0.145 e. The summed E-state index contributed by atoms with van der Waals surface area (Å²) in [5, 5.41) is 13.4. The highest BCUT2D eigenvalue weighted by Gasteiger charge is 1.90. The molecule has 9 heavy (non-hydrogen) atoms. The number of nitrogens with zero attached hydrogens (tertiary/aromatic N) is 2. The molecule has 0 aliphatic rings. The average molecular weight is 130 g/mol. The fraction of sp³-hybridized carbons (Fsp3) is 0.800. The predicted molar refractivity (Wildman–Crippen MR) is 38.4 cm³/mol. The van der Waals surface area contributed by atoms with Crippen LogP contribution in [0, 0.1) is 5.41 Å². The van der Waals surface area contributed by atoms with Crippen molar-refractivity contribution in [1.29, 1.82) is 5.41 Å². The molecular formula is C5H14N4. The first kappa shape index (κ1) is 8.07. The lowest BCUT2D eigenvalue weighted by molar-refractivity contribution is 0.822. The van der Waals surface area contributed by atoms with E-state index in [1.807, 2.05) is 0 Å². The fourth-order valence-electron chi connectivity index (χ4n) is 0.464. The zero-order valence-electron chi connectivity index (χ0n) is 5.59. The molecule has 4 nitrogen and oxygen atoms in total. The van der Waals surface area contributed by atoms with Gasteiger partial charge in [0, 0.05) is 7.85 Å². The SMILES string of the molecule is CCCCC(=N)N=NN.[HH]. The van der Waals surface area contributed by atoms with E-state index >= 15 is 0 Å². The van der Waals surface area contributed by atoms with Crippen LogP contribution in [0.1, 0.15) is 27.6 Å². The Morgan fingerprint density at radius 2 is 2.44 bits per heavy atom. The third kappa shape index (κ3) is 4.93. The number of hydrogen-bond donors (Lipinski definition) is 2. The van der Waals surface area contributed by atoms with Gasteiger partial charge >= 0.3 is 0 Å². The summed E-state index contributed by atoms with van der Waals surface area (Å²) in [5.74, 6) is 4.98. The molecule has 0 aliphatic carbocycles. The zero-order chi connectivity index (χ0) is 7.11. The Morgan fingerprint density at radius 1 is 1.78 bits per heavy atom. The first-order valence-corrected chi connectivity index (χ1v) is 2.99. The summed E-state index contributed by atoms with van der Waals surface area (Å²) in [6, 6.07) is 0. The van der Waals surface area contributed by atoms with Crippen molar-refractivity contribution in [1.82, 2.24) is 0 Å². The van der Waals surface area contributed by atoms with Crippen molar-refractivity contribution in [3.05, 3.63) is 0 Å². The number of nitrogens with two attached hydrogens (primary N) is 1. The van der Waals surface area contributed by atoms with Crippen LogP contribution in [0.25, 0.3) is 0 Å². The third-order valence-corrected chi connectivity index (χ3v) is 0.946. The minimum absolute atomic E-state index is 0. The van der Waals surface area contributed by atoms with Gasteiger partial charge in [0.05, 0.1) is 0 Å². The highest BCUT2D eigenvalue weighted by atomic mass is 15.3. The molecule has 0 radical (unpaired) electrons. The van der Waals surface area contributed by atoms with Crippen molar-refractivity contribution in [2.45, 2.75) is 26.2 Å². The number of nitrogens with one attached hydrogen (secondary N) is 1. The van der Waals surface area contributed by atoms with Gasteiger partial charge in [0.1, 0.15) is 5.84 Å². The quantitative estimate of drug-likeness (QED) is 0.197. The lowest BCUT2D eigenvalue weighted by Gasteiger charge is -1.90. The standard InChI is InChI=1S/C5H12N4.H2/c1-2-3-4-5(6)8-9-7;/h2-4H2,1H3,(H3,6,7,8);1H. The molecule has 0 saturated carbocycles.